The number of hydrogen-bond acceptors (Lipinski definition) is 5. The molecule has 0 atom stereocenters. The van der Waals surface area contributed by atoms with E-state index in [1.54, 1.807) is 4.68 Å². The molecule has 0 saturated heterocycles. The van der Waals surface area contributed by atoms with Gasteiger partial charge in [0.25, 0.3) is 5.69 Å². The van der Waals surface area contributed by atoms with Gasteiger partial charge in [-0.2, -0.15) is 5.10 Å². The van der Waals surface area contributed by atoms with E-state index in [9.17, 15) is 10.1 Å². The summed E-state index contributed by atoms with van der Waals surface area (Å²) in [7, 11) is 1.86. The summed E-state index contributed by atoms with van der Waals surface area (Å²) in [6, 6.07) is 1.28. The van der Waals surface area contributed by atoms with E-state index in [4.69, 9.17) is 11.6 Å². The number of nitro groups is 1. The lowest BCUT2D eigenvalue weighted by Crippen LogP contribution is -2.03. The first-order chi connectivity index (χ1) is 9.51. The Balaban J connectivity index is 2.12. The van der Waals surface area contributed by atoms with Crippen molar-refractivity contribution in [2.45, 2.75) is 19.9 Å². The van der Waals surface area contributed by atoms with Crippen molar-refractivity contribution in [2.75, 3.05) is 5.32 Å². The number of aryl methyl sites for hydroxylation is 2. The Labute approximate surface area is 120 Å². The molecular formula is C12H14ClN5O2. The maximum absolute atomic E-state index is 10.6. The highest BCUT2D eigenvalue weighted by molar-refractivity contribution is 6.33. The summed E-state index contributed by atoms with van der Waals surface area (Å²) >= 11 is 5.97. The zero-order valence-electron chi connectivity index (χ0n) is 11.1. The van der Waals surface area contributed by atoms with E-state index in [-0.39, 0.29) is 10.7 Å². The molecule has 2 rings (SSSR count). The lowest BCUT2D eigenvalue weighted by Gasteiger charge is -2.06. The van der Waals surface area contributed by atoms with Gasteiger partial charge in [0.1, 0.15) is 12.0 Å². The van der Waals surface area contributed by atoms with Gasteiger partial charge in [0.05, 0.1) is 15.6 Å². The van der Waals surface area contributed by atoms with Crippen LogP contribution in [0.25, 0.3) is 0 Å². The largest absolute Gasteiger partial charge is 0.365 e. The zero-order chi connectivity index (χ0) is 14.7. The molecular weight excluding hydrogens is 282 g/mol. The molecule has 0 fully saturated rings. The first-order valence-electron chi connectivity index (χ1n) is 6.06. The molecule has 8 heteroatoms. The Morgan fingerprint density at radius 1 is 1.55 bits per heavy atom. The fraction of sp³-hybridized carbons (Fsp3) is 0.333. The molecule has 20 heavy (non-hydrogen) atoms. The van der Waals surface area contributed by atoms with Gasteiger partial charge in [0.2, 0.25) is 0 Å². The summed E-state index contributed by atoms with van der Waals surface area (Å²) in [6.45, 7) is 2.55. The van der Waals surface area contributed by atoms with Crippen molar-refractivity contribution in [2.24, 2.45) is 7.05 Å². The smallest absolute Gasteiger partial charge is 0.289 e. The average molecular weight is 296 g/mol. The van der Waals surface area contributed by atoms with Crippen LogP contribution in [0.5, 0.6) is 0 Å². The topological polar surface area (TPSA) is 85.9 Å². The molecule has 0 aliphatic rings. The Kier molecular flexibility index (Phi) is 4.19. The monoisotopic (exact) mass is 295 g/mol. The highest BCUT2D eigenvalue weighted by Gasteiger charge is 2.12. The predicted octanol–water partition coefficient (Wildman–Crippen LogP) is 2.55. The van der Waals surface area contributed by atoms with Crippen LogP contribution in [0.1, 0.15) is 18.2 Å². The van der Waals surface area contributed by atoms with Crippen LogP contribution < -0.4 is 5.32 Å². The van der Waals surface area contributed by atoms with E-state index in [1.807, 2.05) is 20.2 Å². The molecule has 0 bridgehead atoms. The van der Waals surface area contributed by atoms with Crippen LogP contribution in [-0.4, -0.2) is 19.7 Å². The van der Waals surface area contributed by atoms with Crippen LogP contribution >= 0.6 is 11.6 Å². The predicted molar refractivity (Wildman–Crippen MR) is 75.8 cm³/mol. The van der Waals surface area contributed by atoms with E-state index < -0.39 is 4.92 Å². The van der Waals surface area contributed by atoms with Crippen molar-refractivity contribution >= 4 is 23.1 Å². The molecule has 7 nitrogen and oxygen atoms in total. The normalized spacial score (nSPS) is 10.6. The summed E-state index contributed by atoms with van der Waals surface area (Å²) in [4.78, 5) is 14.0. The molecule has 1 N–H and O–H groups in total. The molecule has 2 aromatic heterocycles. The van der Waals surface area contributed by atoms with E-state index in [0.29, 0.717) is 12.4 Å². The van der Waals surface area contributed by atoms with E-state index in [1.165, 1.54) is 12.3 Å². The van der Waals surface area contributed by atoms with Crippen molar-refractivity contribution in [1.82, 2.24) is 14.8 Å². The molecule has 0 spiro atoms. The van der Waals surface area contributed by atoms with Crippen molar-refractivity contribution in [1.29, 1.82) is 0 Å². The Morgan fingerprint density at radius 3 is 2.90 bits per heavy atom. The number of anilines is 1. The number of aromatic nitrogens is 3. The first-order valence-corrected chi connectivity index (χ1v) is 6.44. The minimum atomic E-state index is -0.529. The number of halogens is 1. The molecule has 0 radical (unpaired) electrons. The van der Waals surface area contributed by atoms with Crippen LogP contribution in [0.4, 0.5) is 11.5 Å². The molecule has 0 amide bonds. The van der Waals surface area contributed by atoms with Gasteiger partial charge in [0.15, 0.2) is 0 Å². The van der Waals surface area contributed by atoms with Crippen LogP contribution in [0, 0.1) is 10.1 Å². The number of nitrogens with zero attached hydrogens (tertiary/aromatic N) is 4. The highest BCUT2D eigenvalue weighted by atomic mass is 35.5. The maximum Gasteiger partial charge on any atom is 0.289 e. The maximum atomic E-state index is 10.6. The fourth-order valence-corrected chi connectivity index (χ4v) is 2.09. The molecule has 106 valence electrons. The van der Waals surface area contributed by atoms with Gasteiger partial charge >= 0.3 is 0 Å². The molecule has 2 aromatic rings. The van der Waals surface area contributed by atoms with Crippen molar-refractivity contribution < 1.29 is 4.92 Å². The van der Waals surface area contributed by atoms with Crippen molar-refractivity contribution in [3.63, 3.8) is 0 Å². The number of pyridine rings is 1. The lowest BCUT2D eigenvalue weighted by molar-refractivity contribution is -0.385. The molecule has 2 heterocycles. The average Bonchev–Trinajstić information content (AvgIpc) is 2.77. The second-order valence-corrected chi connectivity index (χ2v) is 4.67. The standard InChI is InChI=1S/C12H14ClN5O2/c1-3-11-8(7-17(2)16-11)5-14-12-10(13)4-9(6-15-12)18(19)20/h4,6-7H,3,5H2,1-2H3,(H,14,15). The summed E-state index contributed by atoms with van der Waals surface area (Å²) in [5.74, 6) is 0.420. The Morgan fingerprint density at radius 2 is 2.30 bits per heavy atom. The van der Waals surface area contributed by atoms with E-state index in [2.05, 4.69) is 15.4 Å². The van der Waals surface area contributed by atoms with Gasteiger partial charge in [-0.25, -0.2) is 4.98 Å². The second-order valence-electron chi connectivity index (χ2n) is 4.26. The first kappa shape index (κ1) is 14.3. The van der Waals surface area contributed by atoms with Gasteiger partial charge in [-0.05, 0) is 6.42 Å². The van der Waals surface area contributed by atoms with E-state index >= 15 is 0 Å². The van der Waals surface area contributed by atoms with Gasteiger partial charge in [-0.3, -0.25) is 14.8 Å². The number of rotatable bonds is 5. The van der Waals surface area contributed by atoms with Gasteiger partial charge < -0.3 is 5.32 Å². The third-order valence-electron chi connectivity index (χ3n) is 2.81. The number of hydrogen-bond donors (Lipinski definition) is 1. The minimum absolute atomic E-state index is 0.129. The molecule has 0 aromatic carbocycles. The molecule has 0 aliphatic heterocycles. The zero-order valence-corrected chi connectivity index (χ0v) is 11.9. The number of nitrogens with one attached hydrogen (secondary N) is 1. The van der Waals surface area contributed by atoms with Crippen LogP contribution in [0.3, 0.4) is 0 Å². The second kappa shape index (κ2) is 5.87. The van der Waals surface area contributed by atoms with Crippen molar-refractivity contribution in [3.8, 4) is 0 Å². The Bertz CT molecular complexity index is 641. The summed E-state index contributed by atoms with van der Waals surface area (Å²) < 4.78 is 1.75. The van der Waals surface area contributed by atoms with E-state index in [0.717, 1.165) is 17.7 Å². The quantitative estimate of drug-likeness (QED) is 0.676. The van der Waals surface area contributed by atoms with Crippen LogP contribution in [0.15, 0.2) is 18.5 Å². The summed E-state index contributed by atoms with van der Waals surface area (Å²) in [6.07, 6.45) is 3.93. The minimum Gasteiger partial charge on any atom is -0.365 e. The molecule has 0 saturated carbocycles. The molecule has 0 aliphatic carbocycles. The van der Waals surface area contributed by atoms with Gasteiger partial charge in [-0.15, -0.1) is 0 Å². The van der Waals surface area contributed by atoms with Gasteiger partial charge in [-0.1, -0.05) is 18.5 Å². The van der Waals surface area contributed by atoms with Crippen LogP contribution in [0.2, 0.25) is 5.02 Å². The third kappa shape index (κ3) is 3.05. The lowest BCUT2D eigenvalue weighted by atomic mass is 10.2. The van der Waals surface area contributed by atoms with Crippen molar-refractivity contribution in [3.05, 3.63) is 44.9 Å². The fourth-order valence-electron chi connectivity index (χ4n) is 1.87. The Hall–Kier alpha value is -2.15. The molecule has 0 unspecified atom stereocenters. The van der Waals surface area contributed by atoms with Gasteiger partial charge in [0, 0.05) is 31.4 Å². The van der Waals surface area contributed by atoms with Crippen LogP contribution in [-0.2, 0) is 20.0 Å². The SMILES string of the molecule is CCc1nn(C)cc1CNc1ncc([N+](=O)[O-])cc1Cl. The highest BCUT2D eigenvalue weighted by Crippen LogP contribution is 2.24. The summed E-state index contributed by atoms with van der Waals surface area (Å²) in [5.41, 5.74) is 1.92. The third-order valence-corrected chi connectivity index (χ3v) is 3.10. The summed E-state index contributed by atoms with van der Waals surface area (Å²) in [5, 5.41) is 18.2.